The Labute approximate surface area is 132 Å². The standard InChI is InChI=1S/C17H15N6/c1-10(23-7-6-13-16(19)20-9-21-17(13)23)12-3-2-11-4-5-15(18)22-14(11)8-12/h2-10H,1H2,(H2,18,22)(H2,19,20,21). The van der Waals surface area contributed by atoms with Crippen molar-refractivity contribution in [3.8, 4) is 0 Å². The molecule has 0 saturated carbocycles. The molecule has 23 heavy (non-hydrogen) atoms. The number of aromatic nitrogens is 4. The van der Waals surface area contributed by atoms with Crippen molar-refractivity contribution >= 4 is 33.6 Å². The van der Waals surface area contributed by atoms with E-state index in [-0.39, 0.29) is 6.04 Å². The molecule has 1 aromatic carbocycles. The fourth-order valence-electron chi connectivity index (χ4n) is 2.76. The topological polar surface area (TPSA) is 95.6 Å². The molecule has 0 aliphatic heterocycles. The second-order valence-electron chi connectivity index (χ2n) is 5.42. The predicted molar refractivity (Wildman–Crippen MR) is 91.6 cm³/mol. The van der Waals surface area contributed by atoms with Crippen LogP contribution in [-0.2, 0) is 0 Å². The molecule has 6 nitrogen and oxygen atoms in total. The molecule has 113 valence electrons. The molecule has 0 bridgehead atoms. The third-order valence-electron chi connectivity index (χ3n) is 4.00. The van der Waals surface area contributed by atoms with Crippen molar-refractivity contribution in [3.63, 3.8) is 0 Å². The zero-order valence-corrected chi connectivity index (χ0v) is 12.3. The lowest BCUT2D eigenvalue weighted by Crippen LogP contribution is -2.07. The van der Waals surface area contributed by atoms with E-state index in [4.69, 9.17) is 11.5 Å². The fraction of sp³-hybridized carbons (Fsp3) is 0.0588. The number of hydrogen-bond donors (Lipinski definition) is 2. The first-order valence-corrected chi connectivity index (χ1v) is 7.20. The predicted octanol–water partition coefficient (Wildman–Crippen LogP) is 2.57. The van der Waals surface area contributed by atoms with Gasteiger partial charge in [-0.15, -0.1) is 0 Å². The first-order valence-electron chi connectivity index (χ1n) is 7.20. The summed E-state index contributed by atoms with van der Waals surface area (Å²) in [6, 6.07) is 11.6. The summed E-state index contributed by atoms with van der Waals surface area (Å²) in [7, 11) is 0. The van der Waals surface area contributed by atoms with Gasteiger partial charge in [0.05, 0.1) is 16.9 Å². The number of fused-ring (bicyclic) bond motifs is 2. The van der Waals surface area contributed by atoms with Crippen LogP contribution in [0.5, 0.6) is 0 Å². The Hall–Kier alpha value is -3.15. The van der Waals surface area contributed by atoms with Gasteiger partial charge in [0, 0.05) is 11.6 Å². The highest BCUT2D eigenvalue weighted by atomic mass is 15.1. The van der Waals surface area contributed by atoms with Crippen LogP contribution in [0.4, 0.5) is 11.6 Å². The largest absolute Gasteiger partial charge is 0.384 e. The van der Waals surface area contributed by atoms with E-state index in [1.54, 1.807) is 6.07 Å². The third-order valence-corrected chi connectivity index (χ3v) is 4.00. The number of rotatable bonds is 2. The van der Waals surface area contributed by atoms with E-state index in [0.717, 1.165) is 27.5 Å². The maximum atomic E-state index is 5.89. The lowest BCUT2D eigenvalue weighted by molar-refractivity contribution is 0.718. The molecular formula is C17H15N6. The van der Waals surface area contributed by atoms with Gasteiger partial charge in [-0.1, -0.05) is 12.1 Å². The molecule has 4 rings (SSSR count). The summed E-state index contributed by atoms with van der Waals surface area (Å²) >= 11 is 0. The molecule has 0 aliphatic carbocycles. The first kappa shape index (κ1) is 13.5. The van der Waals surface area contributed by atoms with Crippen molar-refractivity contribution in [1.82, 2.24) is 19.5 Å². The number of anilines is 2. The van der Waals surface area contributed by atoms with Crippen molar-refractivity contribution < 1.29 is 0 Å². The van der Waals surface area contributed by atoms with Crippen LogP contribution in [0.2, 0.25) is 0 Å². The number of hydrogen-bond acceptors (Lipinski definition) is 5. The zero-order chi connectivity index (χ0) is 16.0. The van der Waals surface area contributed by atoms with Crippen LogP contribution in [-0.4, -0.2) is 19.5 Å². The Kier molecular flexibility index (Phi) is 2.90. The van der Waals surface area contributed by atoms with Gasteiger partial charge in [0.15, 0.2) is 0 Å². The number of nitrogens with two attached hydrogens (primary N) is 2. The molecule has 1 unspecified atom stereocenters. The molecule has 4 aromatic rings. The molecule has 4 N–H and O–H groups in total. The van der Waals surface area contributed by atoms with E-state index >= 15 is 0 Å². The second-order valence-corrected chi connectivity index (χ2v) is 5.42. The maximum absolute atomic E-state index is 5.89. The summed E-state index contributed by atoms with van der Waals surface area (Å²) in [6.45, 7) is 4.26. The van der Waals surface area contributed by atoms with Crippen LogP contribution in [0, 0.1) is 6.92 Å². The number of nitrogens with zero attached hydrogens (tertiary/aromatic N) is 4. The smallest absolute Gasteiger partial charge is 0.146 e. The summed E-state index contributed by atoms with van der Waals surface area (Å²) in [5.74, 6) is 0.969. The Balaban J connectivity index is 1.84. The molecule has 0 aliphatic rings. The van der Waals surface area contributed by atoms with Gasteiger partial charge in [0.2, 0.25) is 0 Å². The van der Waals surface area contributed by atoms with Crippen molar-refractivity contribution in [2.45, 2.75) is 6.04 Å². The van der Waals surface area contributed by atoms with Crippen LogP contribution < -0.4 is 11.5 Å². The van der Waals surface area contributed by atoms with Crippen molar-refractivity contribution in [1.29, 1.82) is 0 Å². The van der Waals surface area contributed by atoms with Crippen molar-refractivity contribution in [3.05, 3.63) is 61.4 Å². The van der Waals surface area contributed by atoms with Crippen LogP contribution in [0.15, 0.2) is 48.9 Å². The molecule has 0 amide bonds. The van der Waals surface area contributed by atoms with E-state index in [2.05, 4.69) is 21.9 Å². The molecule has 0 spiro atoms. The van der Waals surface area contributed by atoms with E-state index in [9.17, 15) is 0 Å². The Bertz CT molecular complexity index is 1020. The van der Waals surface area contributed by atoms with Crippen LogP contribution in [0.3, 0.4) is 0 Å². The fourth-order valence-corrected chi connectivity index (χ4v) is 2.76. The van der Waals surface area contributed by atoms with Gasteiger partial charge < -0.3 is 16.0 Å². The van der Waals surface area contributed by atoms with Gasteiger partial charge in [-0.25, -0.2) is 15.0 Å². The number of nitrogen functional groups attached to an aromatic ring is 2. The molecule has 1 atom stereocenters. The SMILES string of the molecule is [CH2]C(c1ccc2ccc(N)nc2c1)n1ccc2c(N)ncnc21. The van der Waals surface area contributed by atoms with Gasteiger partial charge in [0.1, 0.15) is 23.6 Å². The summed E-state index contributed by atoms with van der Waals surface area (Å²) in [4.78, 5) is 12.7. The molecular weight excluding hydrogens is 288 g/mol. The summed E-state index contributed by atoms with van der Waals surface area (Å²) in [5.41, 5.74) is 14.3. The molecule has 3 aromatic heterocycles. The lowest BCUT2D eigenvalue weighted by atomic mass is 10.1. The van der Waals surface area contributed by atoms with Gasteiger partial charge >= 0.3 is 0 Å². The normalized spacial score (nSPS) is 12.7. The minimum atomic E-state index is -0.158. The van der Waals surface area contributed by atoms with Crippen molar-refractivity contribution in [2.75, 3.05) is 11.5 Å². The lowest BCUT2D eigenvalue weighted by Gasteiger charge is -2.15. The zero-order valence-electron chi connectivity index (χ0n) is 12.3. The van der Waals surface area contributed by atoms with E-state index in [0.29, 0.717) is 11.6 Å². The van der Waals surface area contributed by atoms with Crippen LogP contribution in [0.25, 0.3) is 21.9 Å². The van der Waals surface area contributed by atoms with E-state index in [1.807, 2.05) is 41.1 Å². The average molecular weight is 303 g/mol. The van der Waals surface area contributed by atoms with Crippen LogP contribution in [0.1, 0.15) is 11.6 Å². The van der Waals surface area contributed by atoms with Crippen molar-refractivity contribution in [2.24, 2.45) is 0 Å². The quantitative estimate of drug-likeness (QED) is 0.593. The van der Waals surface area contributed by atoms with Crippen LogP contribution >= 0.6 is 0 Å². The average Bonchev–Trinajstić information content (AvgIpc) is 2.99. The summed E-state index contributed by atoms with van der Waals surface area (Å²) < 4.78 is 1.97. The highest BCUT2D eigenvalue weighted by molar-refractivity contribution is 5.86. The Morgan fingerprint density at radius 2 is 1.87 bits per heavy atom. The number of pyridine rings is 1. The minimum Gasteiger partial charge on any atom is -0.384 e. The molecule has 3 heterocycles. The summed E-state index contributed by atoms with van der Waals surface area (Å²) in [5, 5.41) is 1.86. The molecule has 1 radical (unpaired) electrons. The van der Waals surface area contributed by atoms with Gasteiger partial charge in [-0.3, -0.25) is 0 Å². The molecule has 0 saturated heterocycles. The second kappa shape index (κ2) is 4.95. The third kappa shape index (κ3) is 2.15. The monoisotopic (exact) mass is 303 g/mol. The van der Waals surface area contributed by atoms with Gasteiger partial charge in [-0.2, -0.15) is 0 Å². The van der Waals surface area contributed by atoms with Gasteiger partial charge in [0.25, 0.3) is 0 Å². The highest BCUT2D eigenvalue weighted by Crippen LogP contribution is 2.27. The summed E-state index contributed by atoms with van der Waals surface area (Å²) in [6.07, 6.45) is 3.38. The minimum absolute atomic E-state index is 0.158. The molecule has 6 heteroatoms. The van der Waals surface area contributed by atoms with E-state index in [1.165, 1.54) is 6.33 Å². The number of benzene rings is 1. The van der Waals surface area contributed by atoms with Gasteiger partial charge in [-0.05, 0) is 36.8 Å². The molecule has 0 fully saturated rings. The highest BCUT2D eigenvalue weighted by Gasteiger charge is 2.14. The first-order chi connectivity index (χ1) is 11.1. The Morgan fingerprint density at radius 3 is 2.74 bits per heavy atom. The van der Waals surface area contributed by atoms with E-state index < -0.39 is 0 Å². The maximum Gasteiger partial charge on any atom is 0.146 e. The Morgan fingerprint density at radius 1 is 1.04 bits per heavy atom.